The van der Waals surface area contributed by atoms with Crippen molar-refractivity contribution in [2.45, 2.75) is 12.2 Å². The van der Waals surface area contributed by atoms with Gasteiger partial charge in [-0.25, -0.2) is 14.2 Å². The van der Waals surface area contributed by atoms with Gasteiger partial charge in [-0.3, -0.25) is 9.51 Å². The maximum absolute atomic E-state index is 14.0. The molecule has 0 saturated carbocycles. The van der Waals surface area contributed by atoms with Gasteiger partial charge in [0.15, 0.2) is 5.82 Å². The maximum Gasteiger partial charge on any atom is 0.439 e. The number of hydrogen-bond donors (Lipinski definition) is 2. The zero-order valence-electron chi connectivity index (χ0n) is 14.5. The second kappa shape index (κ2) is 8.09. The molecule has 4 rings (SSSR count). The Balaban J connectivity index is 1.66. The van der Waals surface area contributed by atoms with Crippen molar-refractivity contribution in [2.75, 3.05) is 19.7 Å². The topological polar surface area (TPSA) is 102 Å². The van der Waals surface area contributed by atoms with E-state index in [2.05, 4.69) is 25.0 Å². The zero-order chi connectivity index (χ0) is 19.5. The van der Waals surface area contributed by atoms with E-state index in [4.69, 9.17) is 21.1 Å². The van der Waals surface area contributed by atoms with Gasteiger partial charge in [-0.2, -0.15) is 0 Å². The van der Waals surface area contributed by atoms with E-state index >= 15 is 0 Å². The summed E-state index contributed by atoms with van der Waals surface area (Å²) in [5, 5.41) is 6.94. The highest BCUT2D eigenvalue weighted by Gasteiger charge is 2.30. The molecule has 1 aliphatic rings. The smallest absolute Gasteiger partial charge is 0.439 e. The van der Waals surface area contributed by atoms with Crippen LogP contribution in [-0.4, -0.2) is 40.9 Å². The second-order valence-electron chi connectivity index (χ2n) is 6.13. The average Bonchev–Trinajstić information content (AvgIpc) is 2.99. The number of benzene rings is 1. The monoisotopic (exact) mass is 406 g/mol. The Kier molecular flexibility index (Phi) is 5.38. The highest BCUT2D eigenvalue weighted by Crippen LogP contribution is 2.31. The molecule has 8 nitrogen and oxygen atoms in total. The molecule has 2 atom stereocenters. The number of aromatic amines is 1. The summed E-state index contributed by atoms with van der Waals surface area (Å²) >= 11 is 5.79. The van der Waals surface area contributed by atoms with E-state index in [9.17, 15) is 9.18 Å². The Hall–Kier alpha value is -2.75. The first-order valence-electron chi connectivity index (χ1n) is 8.57. The molecule has 3 heterocycles. The lowest BCUT2D eigenvalue weighted by molar-refractivity contribution is -0.00996. The Morgan fingerprint density at radius 3 is 3.00 bits per heavy atom. The molecule has 0 radical (unpaired) electrons. The molecule has 0 aliphatic carbocycles. The molecule has 1 aliphatic heterocycles. The summed E-state index contributed by atoms with van der Waals surface area (Å²) in [5.41, 5.74) is 1.06. The zero-order valence-corrected chi connectivity index (χ0v) is 15.3. The van der Waals surface area contributed by atoms with Gasteiger partial charge < -0.3 is 14.8 Å². The normalized spacial score (nSPS) is 19.9. The average molecular weight is 407 g/mol. The molecule has 1 saturated heterocycles. The molecule has 0 amide bonds. The molecule has 1 aromatic carbocycles. The fourth-order valence-electron chi connectivity index (χ4n) is 2.97. The molecule has 2 aromatic heterocycles. The van der Waals surface area contributed by atoms with Gasteiger partial charge in [0, 0.05) is 19.3 Å². The Morgan fingerprint density at radius 2 is 2.21 bits per heavy atom. The van der Waals surface area contributed by atoms with Crippen molar-refractivity contribution < 1.29 is 18.4 Å². The van der Waals surface area contributed by atoms with Gasteiger partial charge >= 0.3 is 5.76 Å². The fourth-order valence-corrected chi connectivity index (χ4v) is 3.09. The van der Waals surface area contributed by atoms with Gasteiger partial charge in [-0.15, -0.1) is 0 Å². The standard InChI is InChI=1S/C18H16ClFN4O4/c19-12-4-3-10(8-13(12)20)15-14(9-21-6-7-26-15)27-17-11(2-1-5-22-17)16-23-18(25)28-24-16/h1-5,8,14-15,21H,6-7,9H2,(H,23,24,25). The largest absolute Gasteiger partial charge is 0.469 e. The summed E-state index contributed by atoms with van der Waals surface area (Å²) in [6.45, 7) is 1.50. The molecule has 2 unspecified atom stereocenters. The molecule has 146 valence electrons. The van der Waals surface area contributed by atoms with Crippen LogP contribution in [-0.2, 0) is 4.74 Å². The lowest BCUT2D eigenvalue weighted by Crippen LogP contribution is -2.34. The first-order valence-corrected chi connectivity index (χ1v) is 8.95. The molecule has 10 heteroatoms. The van der Waals surface area contributed by atoms with Crippen LogP contribution in [0.2, 0.25) is 5.02 Å². The maximum atomic E-state index is 14.0. The summed E-state index contributed by atoms with van der Waals surface area (Å²) in [5.74, 6) is -0.773. The van der Waals surface area contributed by atoms with E-state index in [-0.39, 0.29) is 16.7 Å². The SMILES string of the molecule is O=c1[nH]c(-c2cccnc2OC2CNCCOC2c2ccc(Cl)c(F)c2)no1. The highest BCUT2D eigenvalue weighted by atomic mass is 35.5. The minimum absolute atomic E-state index is 0.0370. The Bertz CT molecular complexity index is 1020. The van der Waals surface area contributed by atoms with Crippen molar-refractivity contribution in [2.24, 2.45) is 0 Å². The molecule has 2 N–H and O–H groups in total. The molecule has 0 bridgehead atoms. The van der Waals surface area contributed by atoms with Crippen molar-refractivity contribution in [1.82, 2.24) is 20.4 Å². The van der Waals surface area contributed by atoms with E-state index in [1.165, 1.54) is 12.1 Å². The molecule has 0 spiro atoms. The lowest BCUT2D eigenvalue weighted by atomic mass is 10.0. The van der Waals surface area contributed by atoms with Gasteiger partial charge in [-0.1, -0.05) is 22.8 Å². The molecule has 3 aromatic rings. The van der Waals surface area contributed by atoms with Gasteiger partial charge in [0.2, 0.25) is 5.88 Å². The summed E-state index contributed by atoms with van der Waals surface area (Å²) in [6, 6.07) is 7.90. The van der Waals surface area contributed by atoms with Crippen LogP contribution in [0.25, 0.3) is 11.4 Å². The molecule has 1 fully saturated rings. The van der Waals surface area contributed by atoms with Crippen LogP contribution in [0.5, 0.6) is 5.88 Å². The van der Waals surface area contributed by atoms with Crippen molar-refractivity contribution in [3.05, 3.63) is 63.5 Å². The number of rotatable bonds is 4. The third-order valence-electron chi connectivity index (χ3n) is 4.26. The van der Waals surface area contributed by atoms with E-state index in [1.54, 1.807) is 24.4 Å². The number of ether oxygens (including phenoxy) is 2. The van der Waals surface area contributed by atoms with Gasteiger partial charge in [-0.05, 0) is 29.8 Å². The van der Waals surface area contributed by atoms with Gasteiger partial charge in [0.1, 0.15) is 18.0 Å². The minimum Gasteiger partial charge on any atom is -0.469 e. The number of aromatic nitrogens is 3. The van der Waals surface area contributed by atoms with E-state index < -0.39 is 23.8 Å². The van der Waals surface area contributed by atoms with E-state index in [0.29, 0.717) is 30.8 Å². The van der Waals surface area contributed by atoms with E-state index in [1.807, 2.05) is 0 Å². The van der Waals surface area contributed by atoms with Crippen molar-refractivity contribution in [3.63, 3.8) is 0 Å². The van der Waals surface area contributed by atoms with E-state index in [0.717, 1.165) is 0 Å². The van der Waals surface area contributed by atoms with Crippen molar-refractivity contribution in [3.8, 4) is 17.3 Å². The summed E-state index contributed by atoms with van der Waals surface area (Å²) < 4.78 is 30.5. The molecular formula is C18H16ClFN4O4. The third kappa shape index (κ3) is 3.91. The van der Waals surface area contributed by atoms with Gasteiger partial charge in [0.25, 0.3) is 0 Å². The highest BCUT2D eigenvalue weighted by molar-refractivity contribution is 6.30. The second-order valence-corrected chi connectivity index (χ2v) is 6.53. The predicted molar refractivity (Wildman–Crippen MR) is 97.7 cm³/mol. The van der Waals surface area contributed by atoms with Crippen LogP contribution in [0.1, 0.15) is 11.7 Å². The summed E-state index contributed by atoms with van der Waals surface area (Å²) in [4.78, 5) is 18.0. The Morgan fingerprint density at radius 1 is 1.32 bits per heavy atom. The number of nitrogens with zero attached hydrogens (tertiary/aromatic N) is 2. The van der Waals surface area contributed by atoms with Crippen LogP contribution in [0.4, 0.5) is 4.39 Å². The quantitative estimate of drug-likeness (QED) is 0.685. The summed E-state index contributed by atoms with van der Waals surface area (Å²) in [6.07, 6.45) is 0.488. The molecular weight excluding hydrogens is 391 g/mol. The van der Waals surface area contributed by atoms with Crippen molar-refractivity contribution in [1.29, 1.82) is 0 Å². The van der Waals surface area contributed by atoms with Crippen LogP contribution in [0.15, 0.2) is 45.8 Å². The minimum atomic E-state index is -0.682. The Labute approximate surface area is 163 Å². The predicted octanol–water partition coefficient (Wildman–Crippen LogP) is 2.33. The number of pyridine rings is 1. The number of nitrogens with one attached hydrogen (secondary N) is 2. The number of halogens is 2. The third-order valence-corrected chi connectivity index (χ3v) is 4.57. The number of H-pyrrole nitrogens is 1. The van der Waals surface area contributed by atoms with Gasteiger partial charge in [0.05, 0.1) is 17.2 Å². The van der Waals surface area contributed by atoms with Crippen LogP contribution in [0.3, 0.4) is 0 Å². The molecule has 28 heavy (non-hydrogen) atoms. The number of hydrogen-bond acceptors (Lipinski definition) is 7. The first kappa shape index (κ1) is 18.6. The fraction of sp³-hybridized carbons (Fsp3) is 0.278. The van der Waals surface area contributed by atoms with Crippen LogP contribution in [0, 0.1) is 5.82 Å². The lowest BCUT2D eigenvalue weighted by Gasteiger charge is -2.26. The summed E-state index contributed by atoms with van der Waals surface area (Å²) in [7, 11) is 0. The van der Waals surface area contributed by atoms with Crippen molar-refractivity contribution >= 4 is 11.6 Å². The first-order chi connectivity index (χ1) is 13.6. The van der Waals surface area contributed by atoms with Crippen LogP contribution >= 0.6 is 11.6 Å². The van der Waals surface area contributed by atoms with Crippen LogP contribution < -0.4 is 15.8 Å².